The predicted octanol–water partition coefficient (Wildman–Crippen LogP) is 12.0. The van der Waals surface area contributed by atoms with Crippen molar-refractivity contribution in [2.24, 2.45) is 9.98 Å². The number of aliphatic hydroxyl groups is 2. The van der Waals surface area contributed by atoms with Crippen molar-refractivity contribution >= 4 is 23.7 Å². The number of ether oxygens (including phenoxy) is 4. The van der Waals surface area contributed by atoms with Crippen LogP contribution in [0.15, 0.2) is 9.98 Å². The number of rotatable bonds is 41. The number of nitrogens with zero attached hydrogens (tertiary/aromatic N) is 2. The molecule has 0 aliphatic carbocycles. The number of unbranched alkanes of at least 4 members (excludes halogenated alkanes) is 29. The number of carbonyl (C=O) groups excluding carboxylic acids is 2. The van der Waals surface area contributed by atoms with E-state index >= 15 is 0 Å². The van der Waals surface area contributed by atoms with Crippen LogP contribution >= 0.6 is 0 Å². The molecule has 0 aromatic carbocycles. The van der Waals surface area contributed by atoms with E-state index in [-0.39, 0.29) is 38.4 Å². The fourth-order valence-electron chi connectivity index (χ4n) is 10.0. The van der Waals surface area contributed by atoms with Gasteiger partial charge in [-0.1, -0.05) is 194 Å². The van der Waals surface area contributed by atoms with Crippen molar-refractivity contribution in [2.75, 3.05) is 26.4 Å². The molecule has 346 valence electrons. The first kappa shape index (κ1) is 50.4. The number of hydrogen-bond donors (Lipinski definition) is 2. The molecule has 6 aliphatic rings. The van der Waals surface area contributed by atoms with Crippen LogP contribution in [0.3, 0.4) is 0 Å². The van der Waals surface area contributed by atoms with Crippen molar-refractivity contribution in [3.63, 3.8) is 0 Å². The third-order valence-electron chi connectivity index (χ3n) is 14.1. The lowest BCUT2D eigenvalue weighted by molar-refractivity contribution is -0.165. The highest BCUT2D eigenvalue weighted by atomic mass is 16.6. The second kappa shape index (κ2) is 27.8. The lowest BCUT2D eigenvalue weighted by Gasteiger charge is -2.46. The highest BCUT2D eigenvalue weighted by Gasteiger charge is 2.73. The summed E-state index contributed by atoms with van der Waals surface area (Å²) in [7, 11) is 0. The van der Waals surface area contributed by atoms with E-state index in [1.807, 2.05) is 0 Å². The SMILES string of the molecule is CCCCCCCCCCCCCCCCCC(=O)OC1(CCCCC2(OC(=O)CCCCCCCCCCCCCCCCC)C3=NC2(CO)CO3)C2=NC1(CO)CO2. The average molecular weight is 845 g/mol. The molecule has 0 spiro atoms. The van der Waals surface area contributed by atoms with Crippen LogP contribution in [0.5, 0.6) is 0 Å². The van der Waals surface area contributed by atoms with Crippen LogP contribution in [0.4, 0.5) is 0 Å². The summed E-state index contributed by atoms with van der Waals surface area (Å²) in [6, 6.07) is 0. The normalized spacial score (nSPS) is 24.6. The van der Waals surface area contributed by atoms with E-state index in [4.69, 9.17) is 18.9 Å². The summed E-state index contributed by atoms with van der Waals surface area (Å²) in [4.78, 5) is 35.5. The third kappa shape index (κ3) is 14.2. The summed E-state index contributed by atoms with van der Waals surface area (Å²) in [6.07, 6.45) is 40.8. The van der Waals surface area contributed by atoms with Gasteiger partial charge in [0.05, 0.1) is 13.2 Å². The van der Waals surface area contributed by atoms with Gasteiger partial charge in [0, 0.05) is 12.8 Å². The minimum Gasteiger partial charge on any atom is -0.475 e. The van der Waals surface area contributed by atoms with Gasteiger partial charge in [-0.3, -0.25) is 9.59 Å². The number of aliphatic imine (C=N–C) groups is 2. The maximum Gasteiger partial charge on any atom is 0.306 e. The molecule has 0 radical (unpaired) electrons. The Morgan fingerprint density at radius 3 is 0.967 bits per heavy atom. The van der Waals surface area contributed by atoms with Crippen LogP contribution in [-0.2, 0) is 28.5 Å². The Morgan fingerprint density at radius 1 is 0.450 bits per heavy atom. The molecule has 2 saturated heterocycles. The smallest absolute Gasteiger partial charge is 0.306 e. The van der Waals surface area contributed by atoms with E-state index in [0.717, 1.165) is 38.5 Å². The van der Waals surface area contributed by atoms with Crippen molar-refractivity contribution in [3.05, 3.63) is 0 Å². The Balaban J connectivity index is 1.10. The number of esters is 2. The number of aliphatic hydroxyl groups excluding tert-OH is 2. The Hall–Kier alpha value is -2.20. The third-order valence-corrected chi connectivity index (χ3v) is 14.1. The van der Waals surface area contributed by atoms with Crippen LogP contribution in [0.1, 0.15) is 245 Å². The highest BCUT2D eigenvalue weighted by molar-refractivity contribution is 5.99. The average Bonchev–Trinajstić information content (AvgIpc) is 4.04. The van der Waals surface area contributed by atoms with Gasteiger partial charge in [-0.2, -0.15) is 0 Å². The number of hydrogen-bond acceptors (Lipinski definition) is 10. The zero-order chi connectivity index (χ0) is 42.8. The quantitative estimate of drug-likeness (QED) is 0.0458. The molecule has 0 aromatic heterocycles. The maximum absolute atomic E-state index is 13.2. The van der Waals surface area contributed by atoms with Gasteiger partial charge in [-0.15, -0.1) is 0 Å². The van der Waals surface area contributed by atoms with Gasteiger partial charge >= 0.3 is 11.9 Å². The summed E-state index contributed by atoms with van der Waals surface area (Å²) < 4.78 is 24.0. The summed E-state index contributed by atoms with van der Waals surface area (Å²) in [5.74, 6) is 0.246. The molecule has 0 aromatic rings. The Bertz CT molecular complexity index is 1190. The molecule has 4 bridgehead atoms. The first-order valence-electron chi connectivity index (χ1n) is 25.5. The van der Waals surface area contributed by atoms with E-state index < -0.39 is 22.3 Å². The summed E-state index contributed by atoms with van der Waals surface area (Å²) in [5.41, 5.74) is -4.10. The van der Waals surface area contributed by atoms with E-state index in [2.05, 4.69) is 23.8 Å². The zero-order valence-electron chi connectivity index (χ0n) is 38.5. The molecule has 10 heteroatoms. The molecular weight excluding hydrogens is 757 g/mol. The molecule has 4 atom stereocenters. The van der Waals surface area contributed by atoms with E-state index in [1.165, 1.54) is 154 Å². The van der Waals surface area contributed by atoms with Crippen LogP contribution < -0.4 is 0 Å². The largest absolute Gasteiger partial charge is 0.475 e. The molecule has 6 heterocycles. The van der Waals surface area contributed by atoms with Crippen molar-refractivity contribution in [2.45, 2.75) is 267 Å². The minimum atomic E-state index is -1.08. The van der Waals surface area contributed by atoms with Gasteiger partial charge in [0.25, 0.3) is 0 Å². The lowest BCUT2D eigenvalue weighted by atomic mass is 9.71. The van der Waals surface area contributed by atoms with Gasteiger partial charge in [-0.05, 0) is 38.5 Å². The van der Waals surface area contributed by atoms with E-state index in [0.29, 0.717) is 50.3 Å². The molecule has 10 nitrogen and oxygen atoms in total. The Morgan fingerprint density at radius 2 is 0.717 bits per heavy atom. The topological polar surface area (TPSA) is 136 Å². The zero-order valence-corrected chi connectivity index (χ0v) is 38.5. The van der Waals surface area contributed by atoms with Gasteiger partial charge < -0.3 is 29.2 Å². The van der Waals surface area contributed by atoms with Gasteiger partial charge in [-0.25, -0.2) is 9.98 Å². The molecule has 2 N–H and O–H groups in total. The van der Waals surface area contributed by atoms with Crippen LogP contribution in [0, 0.1) is 0 Å². The highest BCUT2D eigenvalue weighted by Crippen LogP contribution is 2.52. The molecular formula is C50H88N2O8. The summed E-state index contributed by atoms with van der Waals surface area (Å²) in [5, 5.41) is 20.8. The fraction of sp³-hybridized carbons (Fsp3) is 0.920. The summed E-state index contributed by atoms with van der Waals surface area (Å²) in [6.45, 7) is 4.41. The molecule has 0 amide bonds. The van der Waals surface area contributed by atoms with Crippen molar-refractivity contribution < 1.29 is 38.7 Å². The van der Waals surface area contributed by atoms with Crippen LogP contribution in [-0.4, -0.2) is 82.7 Å². The molecule has 4 unspecified atom stereocenters. The molecule has 0 saturated carbocycles. The Labute approximate surface area is 365 Å². The predicted molar refractivity (Wildman–Crippen MR) is 242 cm³/mol. The first-order chi connectivity index (χ1) is 29.4. The number of carbonyl (C=O) groups is 2. The molecule has 6 rings (SSSR count). The van der Waals surface area contributed by atoms with Gasteiger partial charge in [0.1, 0.15) is 13.2 Å². The fourth-order valence-corrected chi connectivity index (χ4v) is 10.0. The van der Waals surface area contributed by atoms with Gasteiger partial charge in [0.15, 0.2) is 11.1 Å². The van der Waals surface area contributed by atoms with Crippen molar-refractivity contribution in [1.82, 2.24) is 0 Å². The van der Waals surface area contributed by atoms with Crippen LogP contribution in [0.25, 0.3) is 0 Å². The maximum atomic E-state index is 13.2. The second-order valence-electron chi connectivity index (χ2n) is 19.0. The van der Waals surface area contributed by atoms with Crippen molar-refractivity contribution in [3.8, 4) is 0 Å². The van der Waals surface area contributed by atoms with Crippen LogP contribution in [0.2, 0.25) is 0 Å². The first-order valence-corrected chi connectivity index (χ1v) is 25.5. The molecule has 2 fully saturated rings. The van der Waals surface area contributed by atoms with Crippen molar-refractivity contribution in [1.29, 1.82) is 0 Å². The minimum absolute atomic E-state index is 0.199. The molecule has 60 heavy (non-hydrogen) atoms. The number of fused-ring (bicyclic) bond motifs is 2. The Kier molecular flexibility index (Phi) is 23.3. The molecule has 6 aliphatic heterocycles. The lowest BCUT2D eigenvalue weighted by Crippen LogP contribution is -2.66. The van der Waals surface area contributed by atoms with E-state index in [9.17, 15) is 19.8 Å². The summed E-state index contributed by atoms with van der Waals surface area (Å²) >= 11 is 0. The standard InChI is InChI=1S/C50H88N2O8/c1-3-5-7-9-11-13-15-17-19-21-23-25-27-29-31-35-43(55)59-49(45-51-47(49,39-53)41-57-45)37-33-34-38-50(46-52-48(50,40-54)42-58-46)60-44(56)36-32-30-28-26-24-22-20-18-16-14-12-10-8-6-4-2/h53-54H,3-42H2,1-2H3. The monoisotopic (exact) mass is 845 g/mol. The van der Waals surface area contributed by atoms with Gasteiger partial charge in [0.2, 0.25) is 23.0 Å². The second-order valence-corrected chi connectivity index (χ2v) is 19.0. The van der Waals surface area contributed by atoms with E-state index in [1.54, 1.807) is 0 Å².